The molecule has 9 aromatic carbocycles. The Kier molecular flexibility index (Phi) is 8.04. The summed E-state index contributed by atoms with van der Waals surface area (Å²) in [6.07, 6.45) is 0. The van der Waals surface area contributed by atoms with Crippen LogP contribution >= 0.6 is 11.3 Å². The van der Waals surface area contributed by atoms with Gasteiger partial charge < -0.3 is 9.32 Å². The average molecular weight is 746 g/mol. The summed E-state index contributed by atoms with van der Waals surface area (Å²) in [4.78, 5) is 2.42. The van der Waals surface area contributed by atoms with E-state index < -0.39 is 0 Å². The first-order chi connectivity index (χ1) is 28.2. The molecule has 0 N–H and O–H groups in total. The highest BCUT2D eigenvalue weighted by Gasteiger charge is 2.21. The summed E-state index contributed by atoms with van der Waals surface area (Å²) in [6.45, 7) is 0. The number of rotatable bonds is 7. The van der Waals surface area contributed by atoms with Gasteiger partial charge in [0.25, 0.3) is 0 Å². The third kappa shape index (κ3) is 5.88. The molecule has 0 aliphatic carbocycles. The molecule has 0 spiro atoms. The van der Waals surface area contributed by atoms with Gasteiger partial charge in [-0.1, -0.05) is 158 Å². The number of anilines is 3. The number of para-hydroxylation sites is 1. The van der Waals surface area contributed by atoms with Crippen LogP contribution in [0.2, 0.25) is 0 Å². The number of furan rings is 1. The highest BCUT2D eigenvalue weighted by Crippen LogP contribution is 2.48. The lowest BCUT2D eigenvalue weighted by Crippen LogP contribution is -2.10. The Balaban J connectivity index is 1.03. The van der Waals surface area contributed by atoms with Gasteiger partial charge >= 0.3 is 0 Å². The van der Waals surface area contributed by atoms with Gasteiger partial charge in [-0.25, -0.2) is 0 Å². The van der Waals surface area contributed by atoms with Gasteiger partial charge in [-0.05, 0) is 99.1 Å². The minimum Gasteiger partial charge on any atom is -0.456 e. The van der Waals surface area contributed by atoms with Gasteiger partial charge in [0.1, 0.15) is 11.2 Å². The van der Waals surface area contributed by atoms with E-state index in [0.29, 0.717) is 0 Å². The van der Waals surface area contributed by atoms with Crippen molar-refractivity contribution in [3.05, 3.63) is 212 Å². The molecule has 2 aromatic heterocycles. The van der Waals surface area contributed by atoms with Crippen molar-refractivity contribution >= 4 is 70.5 Å². The molecule has 0 unspecified atom stereocenters. The third-order valence-corrected chi connectivity index (χ3v) is 12.3. The summed E-state index contributed by atoms with van der Waals surface area (Å²) in [5.41, 5.74) is 14.7. The van der Waals surface area contributed by atoms with E-state index in [2.05, 4.69) is 205 Å². The summed E-state index contributed by atoms with van der Waals surface area (Å²) in [5, 5.41) is 4.85. The van der Waals surface area contributed by atoms with Crippen LogP contribution in [0.3, 0.4) is 0 Å². The lowest BCUT2D eigenvalue weighted by molar-refractivity contribution is 0.669. The van der Waals surface area contributed by atoms with Crippen molar-refractivity contribution in [2.75, 3.05) is 4.90 Å². The van der Waals surface area contributed by atoms with Crippen LogP contribution in [-0.2, 0) is 0 Å². The predicted octanol–water partition coefficient (Wildman–Crippen LogP) is 16.1. The molecule has 11 rings (SSSR count). The van der Waals surface area contributed by atoms with Crippen molar-refractivity contribution in [2.24, 2.45) is 0 Å². The maximum atomic E-state index is 6.26. The van der Waals surface area contributed by atoms with E-state index in [9.17, 15) is 0 Å². The molecule has 0 fully saturated rings. The van der Waals surface area contributed by atoms with Gasteiger partial charge in [0.2, 0.25) is 0 Å². The summed E-state index contributed by atoms with van der Waals surface area (Å²) < 4.78 is 8.80. The SMILES string of the molecule is c1ccc(-c2ccc(-c3ccc(N(c4ccc(-c5ccc6c(c5)oc5ccccc56)cc4)c4ccc(-c5ccccc5)c5c4sc4ccccc45)cc3)cc2)cc1. The summed E-state index contributed by atoms with van der Waals surface area (Å²) >= 11 is 1.86. The van der Waals surface area contributed by atoms with Gasteiger partial charge in [0.15, 0.2) is 0 Å². The topological polar surface area (TPSA) is 16.4 Å². The number of benzene rings is 9. The van der Waals surface area contributed by atoms with Crippen molar-refractivity contribution in [3.63, 3.8) is 0 Å². The first-order valence-corrected chi connectivity index (χ1v) is 20.1. The average Bonchev–Trinajstić information content (AvgIpc) is 3.87. The van der Waals surface area contributed by atoms with Crippen LogP contribution in [0.25, 0.3) is 86.6 Å². The lowest BCUT2D eigenvalue weighted by atomic mass is 9.98. The Morgan fingerprint density at radius 3 is 1.51 bits per heavy atom. The third-order valence-electron chi connectivity index (χ3n) is 11.1. The first-order valence-electron chi connectivity index (χ1n) is 19.3. The second kappa shape index (κ2) is 13.8. The molecule has 3 heteroatoms. The molecular weight excluding hydrogens is 711 g/mol. The van der Waals surface area contributed by atoms with E-state index in [-0.39, 0.29) is 0 Å². The fourth-order valence-corrected chi connectivity index (χ4v) is 9.51. The van der Waals surface area contributed by atoms with Crippen molar-refractivity contribution in [3.8, 4) is 44.5 Å². The zero-order valence-electron chi connectivity index (χ0n) is 31.0. The maximum Gasteiger partial charge on any atom is 0.136 e. The maximum absolute atomic E-state index is 6.26. The van der Waals surface area contributed by atoms with E-state index in [0.717, 1.165) is 50.1 Å². The van der Waals surface area contributed by atoms with Crippen molar-refractivity contribution in [2.45, 2.75) is 0 Å². The Morgan fingerprint density at radius 2 is 0.842 bits per heavy atom. The van der Waals surface area contributed by atoms with E-state index in [1.807, 2.05) is 23.5 Å². The van der Waals surface area contributed by atoms with E-state index in [4.69, 9.17) is 4.42 Å². The molecule has 0 atom stereocenters. The van der Waals surface area contributed by atoms with Crippen LogP contribution in [0.15, 0.2) is 217 Å². The van der Waals surface area contributed by atoms with E-state index in [1.54, 1.807) is 0 Å². The van der Waals surface area contributed by atoms with Crippen LogP contribution in [0.5, 0.6) is 0 Å². The molecule has 2 heterocycles. The van der Waals surface area contributed by atoms with Gasteiger partial charge in [-0.3, -0.25) is 0 Å². The minimum atomic E-state index is 0.903. The Labute approximate surface area is 335 Å². The molecule has 0 bridgehead atoms. The van der Waals surface area contributed by atoms with Crippen LogP contribution in [0.4, 0.5) is 17.1 Å². The second-order valence-electron chi connectivity index (χ2n) is 14.5. The summed E-state index contributed by atoms with van der Waals surface area (Å²) in [7, 11) is 0. The van der Waals surface area contributed by atoms with Crippen LogP contribution < -0.4 is 4.90 Å². The van der Waals surface area contributed by atoms with Gasteiger partial charge in [-0.15, -0.1) is 11.3 Å². The van der Waals surface area contributed by atoms with Gasteiger partial charge in [0, 0.05) is 37.6 Å². The van der Waals surface area contributed by atoms with E-state index in [1.165, 1.54) is 53.6 Å². The predicted molar refractivity (Wildman–Crippen MR) is 243 cm³/mol. The number of nitrogens with zero attached hydrogens (tertiary/aromatic N) is 1. The van der Waals surface area contributed by atoms with Crippen molar-refractivity contribution in [1.82, 2.24) is 0 Å². The molecule has 0 aliphatic heterocycles. The van der Waals surface area contributed by atoms with E-state index >= 15 is 0 Å². The Morgan fingerprint density at radius 1 is 0.351 bits per heavy atom. The molecule has 0 saturated carbocycles. The fourth-order valence-electron chi connectivity index (χ4n) is 8.27. The zero-order chi connectivity index (χ0) is 37.7. The number of hydrogen-bond acceptors (Lipinski definition) is 3. The highest BCUT2D eigenvalue weighted by molar-refractivity contribution is 7.26. The molecule has 11 aromatic rings. The monoisotopic (exact) mass is 745 g/mol. The molecule has 0 radical (unpaired) electrons. The number of fused-ring (bicyclic) bond motifs is 6. The van der Waals surface area contributed by atoms with Crippen molar-refractivity contribution in [1.29, 1.82) is 0 Å². The Hall–Kier alpha value is -7.20. The molecule has 0 amide bonds. The van der Waals surface area contributed by atoms with Crippen molar-refractivity contribution < 1.29 is 4.42 Å². The standard InChI is InChI=1S/C54H35NOS/c1-3-11-36(12-4-1)37-19-21-38(22-20-37)39-23-28-43(29-24-39)55(44-30-25-40(26-31-44)42-27-32-47-46-15-7-9-17-50(46)56-51(47)35-42)49-34-33-45(41-13-5-2-6-14-41)53-48-16-8-10-18-52(48)57-54(49)53/h1-35H. The van der Waals surface area contributed by atoms with Crippen LogP contribution in [0, 0.1) is 0 Å². The minimum absolute atomic E-state index is 0.903. The smallest absolute Gasteiger partial charge is 0.136 e. The number of hydrogen-bond donors (Lipinski definition) is 0. The summed E-state index contributed by atoms with van der Waals surface area (Å²) in [5.74, 6) is 0. The molecule has 57 heavy (non-hydrogen) atoms. The quantitative estimate of drug-likeness (QED) is 0.162. The van der Waals surface area contributed by atoms with Gasteiger partial charge in [-0.2, -0.15) is 0 Å². The largest absolute Gasteiger partial charge is 0.456 e. The molecule has 268 valence electrons. The van der Waals surface area contributed by atoms with Crippen LogP contribution in [0.1, 0.15) is 0 Å². The number of thiophene rings is 1. The molecular formula is C54H35NOS. The normalized spacial score (nSPS) is 11.5. The fraction of sp³-hybridized carbons (Fsp3) is 0. The van der Waals surface area contributed by atoms with Crippen LogP contribution in [-0.4, -0.2) is 0 Å². The lowest BCUT2D eigenvalue weighted by Gasteiger charge is -2.27. The summed E-state index contributed by atoms with van der Waals surface area (Å²) in [6, 6.07) is 76.4. The first kappa shape index (κ1) is 33.2. The van der Waals surface area contributed by atoms with Gasteiger partial charge in [0.05, 0.1) is 10.4 Å². The second-order valence-corrected chi connectivity index (χ2v) is 15.5. The molecule has 2 nitrogen and oxygen atoms in total. The molecule has 0 saturated heterocycles. The highest BCUT2D eigenvalue weighted by atomic mass is 32.1. The molecule has 0 aliphatic rings. The Bertz CT molecular complexity index is 3200. The zero-order valence-corrected chi connectivity index (χ0v) is 31.8.